The van der Waals surface area contributed by atoms with Crippen LogP contribution in [0.2, 0.25) is 0 Å². The second kappa shape index (κ2) is 5.56. The summed E-state index contributed by atoms with van der Waals surface area (Å²) in [5.41, 5.74) is 0.691. The third kappa shape index (κ3) is 3.19. The molecule has 1 unspecified atom stereocenters. The molecule has 1 atom stereocenters. The van der Waals surface area contributed by atoms with Gasteiger partial charge in [0, 0.05) is 12.4 Å². The highest BCUT2D eigenvalue weighted by atomic mass is 79.9. The average Bonchev–Trinajstić information content (AvgIpc) is 3.06. The zero-order valence-corrected chi connectivity index (χ0v) is 12.4. The maximum absolute atomic E-state index is 12.2. The lowest BCUT2D eigenvalue weighted by Crippen LogP contribution is -2.18. The molecule has 5 nitrogen and oxygen atoms in total. The first kappa shape index (κ1) is 14.8. The Bertz CT molecular complexity index is 723. The van der Waals surface area contributed by atoms with Gasteiger partial charge in [-0.25, -0.2) is 15.0 Å². The topological polar surface area (TPSA) is 51.8 Å². The number of halogens is 4. The predicted molar refractivity (Wildman–Crippen MR) is 77.3 cm³/mol. The molecule has 2 aromatic rings. The van der Waals surface area contributed by atoms with Crippen molar-refractivity contribution >= 4 is 26.5 Å². The molecule has 2 heterocycles. The Morgan fingerprint density at radius 1 is 1.18 bits per heavy atom. The van der Waals surface area contributed by atoms with E-state index < -0.39 is 12.4 Å². The molecule has 0 saturated heterocycles. The molecule has 114 valence electrons. The van der Waals surface area contributed by atoms with Crippen LogP contribution in [0.3, 0.4) is 0 Å². The molecule has 1 aliphatic rings. The molecular weight excluding hydrogens is 365 g/mol. The summed E-state index contributed by atoms with van der Waals surface area (Å²) in [6.07, 6.45) is 0.188. The fourth-order valence-electron chi connectivity index (χ4n) is 2.02. The van der Waals surface area contributed by atoms with Gasteiger partial charge in [-0.05, 0) is 33.6 Å². The Labute approximate surface area is 131 Å². The van der Waals surface area contributed by atoms with E-state index in [9.17, 15) is 13.2 Å². The van der Waals surface area contributed by atoms with Crippen LogP contribution >= 0.6 is 15.9 Å². The van der Waals surface area contributed by atoms with E-state index >= 15 is 0 Å². The van der Waals surface area contributed by atoms with Crippen molar-refractivity contribution in [1.29, 1.82) is 0 Å². The lowest BCUT2D eigenvalue weighted by atomic mass is 10.1. The number of aromatic nitrogens is 2. The van der Waals surface area contributed by atoms with Crippen molar-refractivity contribution in [3.8, 4) is 5.75 Å². The van der Waals surface area contributed by atoms with Crippen LogP contribution in [-0.4, -0.2) is 26.5 Å². The largest absolute Gasteiger partial charge is 0.573 e. The van der Waals surface area contributed by atoms with Crippen LogP contribution in [0.5, 0.6) is 5.75 Å². The number of nitrogens with zero attached hydrogens (tertiary/aromatic N) is 4. The van der Waals surface area contributed by atoms with E-state index in [-0.39, 0.29) is 5.75 Å². The van der Waals surface area contributed by atoms with Crippen molar-refractivity contribution in [2.24, 2.45) is 9.98 Å². The maximum Gasteiger partial charge on any atom is 0.573 e. The van der Waals surface area contributed by atoms with E-state index in [1.165, 1.54) is 24.3 Å². The molecule has 0 saturated carbocycles. The van der Waals surface area contributed by atoms with Crippen molar-refractivity contribution in [3.05, 3.63) is 48.5 Å². The Kier molecular flexibility index (Phi) is 3.73. The molecule has 0 amide bonds. The molecule has 0 radical (unpaired) electrons. The fraction of sp³-hybridized carbons (Fsp3) is 0.154. The first-order valence-corrected chi connectivity index (χ1v) is 6.87. The van der Waals surface area contributed by atoms with Gasteiger partial charge >= 0.3 is 6.36 Å². The zero-order chi connectivity index (χ0) is 15.7. The molecule has 0 spiro atoms. The van der Waals surface area contributed by atoms with Gasteiger partial charge in [-0.3, -0.25) is 4.57 Å². The van der Waals surface area contributed by atoms with Gasteiger partial charge in [-0.15, -0.1) is 13.2 Å². The van der Waals surface area contributed by atoms with Gasteiger partial charge in [0.05, 0.1) is 0 Å². The third-order valence-electron chi connectivity index (χ3n) is 2.89. The molecule has 1 aliphatic heterocycles. The van der Waals surface area contributed by atoms with E-state index in [2.05, 4.69) is 35.6 Å². The normalized spacial score (nSPS) is 18.1. The van der Waals surface area contributed by atoms with E-state index in [0.29, 0.717) is 16.1 Å². The summed E-state index contributed by atoms with van der Waals surface area (Å²) in [6, 6.07) is 5.11. The summed E-state index contributed by atoms with van der Waals surface area (Å²) in [5, 5.41) is 0. The second-order valence-electron chi connectivity index (χ2n) is 4.36. The monoisotopic (exact) mass is 372 g/mol. The number of benzene rings is 1. The molecule has 0 bridgehead atoms. The van der Waals surface area contributed by atoms with Crippen molar-refractivity contribution in [2.45, 2.75) is 12.4 Å². The van der Waals surface area contributed by atoms with Gasteiger partial charge < -0.3 is 4.74 Å². The van der Waals surface area contributed by atoms with Crippen molar-refractivity contribution in [3.63, 3.8) is 0 Å². The summed E-state index contributed by atoms with van der Waals surface area (Å²) < 4.78 is 42.4. The van der Waals surface area contributed by atoms with E-state index in [4.69, 9.17) is 0 Å². The molecule has 22 heavy (non-hydrogen) atoms. The standard InChI is InChI=1S/C13H8BrF3N4O/c14-12-19-10(11(20-12)21-6-5-18-7-21)8-1-3-9(4-2-8)22-13(15,16)17/h1-7,10H. The van der Waals surface area contributed by atoms with E-state index in [1.807, 2.05) is 0 Å². The fourth-order valence-corrected chi connectivity index (χ4v) is 2.40. The van der Waals surface area contributed by atoms with E-state index in [0.717, 1.165) is 0 Å². The van der Waals surface area contributed by atoms with E-state index in [1.54, 1.807) is 23.3 Å². The number of ether oxygens (including phenoxy) is 1. The summed E-state index contributed by atoms with van der Waals surface area (Å²) in [4.78, 5) is 12.5. The van der Waals surface area contributed by atoms with Crippen LogP contribution in [0.1, 0.15) is 11.6 Å². The number of hydrogen-bond acceptors (Lipinski definition) is 4. The quantitative estimate of drug-likeness (QED) is 0.757. The van der Waals surface area contributed by atoms with Crippen LogP contribution in [0, 0.1) is 0 Å². The van der Waals surface area contributed by atoms with Crippen molar-refractivity contribution in [2.75, 3.05) is 0 Å². The minimum absolute atomic E-state index is 0.279. The van der Waals surface area contributed by atoms with Crippen LogP contribution in [-0.2, 0) is 0 Å². The average molecular weight is 373 g/mol. The molecule has 1 aromatic carbocycles. The molecule has 9 heteroatoms. The predicted octanol–water partition coefficient (Wildman–Crippen LogP) is 3.53. The highest BCUT2D eigenvalue weighted by molar-refractivity contribution is 9.18. The first-order valence-electron chi connectivity index (χ1n) is 6.08. The Morgan fingerprint density at radius 3 is 2.50 bits per heavy atom. The highest BCUT2D eigenvalue weighted by Crippen LogP contribution is 2.29. The summed E-state index contributed by atoms with van der Waals surface area (Å²) in [5.74, 6) is 0.326. The lowest BCUT2D eigenvalue weighted by Gasteiger charge is -2.13. The van der Waals surface area contributed by atoms with Crippen LogP contribution in [0.25, 0.3) is 0 Å². The Morgan fingerprint density at radius 2 is 1.91 bits per heavy atom. The number of aliphatic imine (C=N–C) groups is 2. The third-order valence-corrected chi connectivity index (χ3v) is 3.27. The highest BCUT2D eigenvalue weighted by Gasteiger charge is 2.31. The van der Waals surface area contributed by atoms with Crippen LogP contribution in [0.15, 0.2) is 53.0 Å². The number of alkyl halides is 3. The number of rotatable bonds is 2. The van der Waals surface area contributed by atoms with Gasteiger partial charge in [0.2, 0.25) is 0 Å². The van der Waals surface area contributed by atoms with Crippen molar-refractivity contribution in [1.82, 2.24) is 9.55 Å². The van der Waals surface area contributed by atoms with Gasteiger partial charge in [0.15, 0.2) is 4.74 Å². The minimum Gasteiger partial charge on any atom is -0.406 e. The van der Waals surface area contributed by atoms with Gasteiger partial charge in [0.25, 0.3) is 0 Å². The smallest absolute Gasteiger partial charge is 0.406 e. The lowest BCUT2D eigenvalue weighted by molar-refractivity contribution is -0.274. The number of hydrogen-bond donors (Lipinski definition) is 0. The summed E-state index contributed by atoms with van der Waals surface area (Å²) in [6.45, 7) is 0. The Balaban J connectivity index is 1.86. The molecule has 0 aliphatic carbocycles. The van der Waals surface area contributed by atoms with Gasteiger partial charge in [-0.2, -0.15) is 0 Å². The van der Waals surface area contributed by atoms with Gasteiger partial charge in [0.1, 0.15) is 24.0 Å². The summed E-state index contributed by atoms with van der Waals surface area (Å²) in [7, 11) is 0. The van der Waals surface area contributed by atoms with Crippen molar-refractivity contribution < 1.29 is 17.9 Å². The molecule has 0 fully saturated rings. The minimum atomic E-state index is -4.71. The molecule has 1 aromatic heterocycles. The molecule has 3 rings (SSSR count). The number of imidazole rings is 1. The molecular formula is C13H8BrF3N4O. The van der Waals surface area contributed by atoms with Crippen LogP contribution < -0.4 is 4.74 Å². The second-order valence-corrected chi connectivity index (χ2v) is 5.07. The molecule has 0 N–H and O–H groups in total. The zero-order valence-electron chi connectivity index (χ0n) is 10.8. The first-order chi connectivity index (χ1) is 10.4. The maximum atomic E-state index is 12.2. The van der Waals surface area contributed by atoms with Crippen LogP contribution in [0.4, 0.5) is 13.2 Å². The Hall–Kier alpha value is -2.16. The summed E-state index contributed by atoms with van der Waals surface area (Å²) >= 11 is 3.21. The number of amidine groups is 1. The van der Waals surface area contributed by atoms with Gasteiger partial charge in [-0.1, -0.05) is 12.1 Å². The SMILES string of the molecule is FC(F)(F)Oc1ccc(C2N=C(Br)N=C2n2ccnc2)cc1.